The predicted molar refractivity (Wildman–Crippen MR) is 153 cm³/mol. The Morgan fingerprint density at radius 3 is 2.37 bits per heavy atom. The van der Waals surface area contributed by atoms with Crippen LogP contribution in [0.15, 0.2) is 42.5 Å². The van der Waals surface area contributed by atoms with Gasteiger partial charge in [0.25, 0.3) is 0 Å². The molecule has 0 saturated carbocycles. The van der Waals surface area contributed by atoms with Crippen LogP contribution in [0.3, 0.4) is 0 Å². The van der Waals surface area contributed by atoms with Gasteiger partial charge < -0.3 is 24.1 Å². The first kappa shape index (κ1) is 28.3. The lowest BCUT2D eigenvalue weighted by Crippen LogP contribution is -2.46. The molecule has 1 amide bonds. The normalized spacial score (nSPS) is 21.2. The van der Waals surface area contributed by atoms with E-state index in [0.717, 1.165) is 74.4 Å². The molecule has 0 aliphatic carbocycles. The molecule has 5 rings (SSSR count). The van der Waals surface area contributed by atoms with E-state index >= 15 is 0 Å². The van der Waals surface area contributed by atoms with E-state index < -0.39 is 7.12 Å². The van der Waals surface area contributed by atoms with E-state index in [2.05, 4.69) is 28.9 Å². The summed E-state index contributed by atoms with van der Waals surface area (Å²) in [6.07, 6.45) is 2.34. The molecule has 0 bridgehead atoms. The first-order chi connectivity index (χ1) is 18.6. The summed E-state index contributed by atoms with van der Waals surface area (Å²) in [6, 6.07) is 14.1. The Labute approximate surface area is 227 Å². The molecule has 1 N–H and O–H groups in total. The third kappa shape index (κ3) is 6.45. The molecule has 206 valence electrons. The number of hydrogen-bond acceptors (Lipinski definition) is 7. The average molecular weight is 523 g/mol. The van der Waals surface area contributed by atoms with E-state index in [-0.39, 0.29) is 18.3 Å². The van der Waals surface area contributed by atoms with Crippen molar-refractivity contribution in [3.8, 4) is 5.75 Å². The fraction of sp³-hybridized carbons (Fsp3) is 0.552. The van der Waals surface area contributed by atoms with E-state index in [1.54, 1.807) is 4.90 Å². The molecule has 3 heterocycles. The number of amides is 1. The molecule has 2 saturated heterocycles. The highest BCUT2D eigenvalue weighted by molar-refractivity contribution is 6.61. The third-order valence-electron chi connectivity index (χ3n) is 7.45. The van der Waals surface area contributed by atoms with Crippen molar-refractivity contribution in [1.82, 2.24) is 4.90 Å². The monoisotopic (exact) mass is 523 g/mol. The molecule has 8 nitrogen and oxygen atoms in total. The van der Waals surface area contributed by atoms with E-state index in [1.807, 2.05) is 51.1 Å². The van der Waals surface area contributed by atoms with Crippen molar-refractivity contribution < 1.29 is 23.9 Å². The molecule has 2 aromatic carbocycles. The van der Waals surface area contributed by atoms with Gasteiger partial charge in [-0.15, -0.1) is 0 Å². The van der Waals surface area contributed by atoms with Crippen molar-refractivity contribution in [2.45, 2.75) is 59.2 Å². The zero-order valence-corrected chi connectivity index (χ0v) is 23.3. The van der Waals surface area contributed by atoms with Crippen molar-refractivity contribution in [2.24, 2.45) is 0 Å². The average Bonchev–Trinajstić information content (AvgIpc) is 3.51. The molecule has 3 aliphatic rings. The Kier molecular flexibility index (Phi) is 9.94. The minimum atomic E-state index is -0.855. The molecular formula is C29H42BN3O5. The molecule has 2 aromatic rings. The first-order valence-corrected chi connectivity index (χ1v) is 14.2. The molecule has 3 aliphatic heterocycles. The van der Waals surface area contributed by atoms with Gasteiger partial charge in [0.15, 0.2) is 0 Å². The Morgan fingerprint density at radius 2 is 1.71 bits per heavy atom. The second-order valence-corrected chi connectivity index (χ2v) is 9.75. The summed E-state index contributed by atoms with van der Waals surface area (Å²) in [5.41, 5.74) is 3.98. The smallest absolute Gasteiger partial charge is 0.492 e. The Bertz CT molecular complexity index is 1050. The molecule has 2 unspecified atom stereocenters. The highest BCUT2D eigenvalue weighted by Gasteiger charge is 2.34. The summed E-state index contributed by atoms with van der Waals surface area (Å²) in [5, 5.41) is 10.1. The van der Waals surface area contributed by atoms with Crippen molar-refractivity contribution in [1.29, 1.82) is 0 Å². The lowest BCUT2D eigenvalue weighted by Gasteiger charge is -2.36. The Hall–Kier alpha value is -2.75. The second-order valence-electron chi connectivity index (χ2n) is 9.75. The largest absolute Gasteiger partial charge is 0.494 e. The molecule has 9 heteroatoms. The van der Waals surface area contributed by atoms with Gasteiger partial charge in [-0.1, -0.05) is 33.8 Å². The predicted octanol–water partition coefficient (Wildman–Crippen LogP) is 4.21. The molecule has 2 atom stereocenters. The van der Waals surface area contributed by atoms with Gasteiger partial charge in [0, 0.05) is 44.1 Å². The summed E-state index contributed by atoms with van der Waals surface area (Å²) in [5.74, 6) is 0.786. The SMILES string of the molecule is CC.CCC1CN(c2ccc(N3CCN(CCCOc4ccc5c(c4)B(O)OC5CC)CC3)cc2)C(=O)O1. The van der Waals surface area contributed by atoms with Gasteiger partial charge in [0.1, 0.15) is 11.9 Å². The summed E-state index contributed by atoms with van der Waals surface area (Å²) in [4.78, 5) is 18.7. The summed E-state index contributed by atoms with van der Waals surface area (Å²) >= 11 is 0. The van der Waals surface area contributed by atoms with Gasteiger partial charge in [0.2, 0.25) is 0 Å². The van der Waals surface area contributed by atoms with E-state index in [1.165, 1.54) is 5.69 Å². The van der Waals surface area contributed by atoms with Gasteiger partial charge >= 0.3 is 13.2 Å². The van der Waals surface area contributed by atoms with Crippen LogP contribution >= 0.6 is 0 Å². The van der Waals surface area contributed by atoms with Crippen molar-refractivity contribution in [2.75, 3.05) is 55.7 Å². The van der Waals surface area contributed by atoms with E-state index in [9.17, 15) is 9.82 Å². The van der Waals surface area contributed by atoms with Crippen molar-refractivity contribution in [3.63, 3.8) is 0 Å². The van der Waals surface area contributed by atoms with Crippen LogP contribution in [0.1, 0.15) is 58.6 Å². The number of anilines is 2. The van der Waals surface area contributed by atoms with Gasteiger partial charge in [-0.2, -0.15) is 0 Å². The topological polar surface area (TPSA) is 74.7 Å². The number of nitrogens with zero attached hydrogens (tertiary/aromatic N) is 3. The zero-order valence-electron chi connectivity index (χ0n) is 23.3. The number of hydrogen-bond donors (Lipinski definition) is 1. The number of ether oxygens (including phenoxy) is 2. The highest BCUT2D eigenvalue weighted by atomic mass is 16.6. The summed E-state index contributed by atoms with van der Waals surface area (Å²) in [7, 11) is -0.855. The van der Waals surface area contributed by atoms with Crippen LogP contribution in [0.25, 0.3) is 0 Å². The number of fused-ring (bicyclic) bond motifs is 1. The number of carbonyl (C=O) groups is 1. The fourth-order valence-electron chi connectivity index (χ4n) is 5.26. The van der Waals surface area contributed by atoms with Crippen LogP contribution in [0, 0.1) is 0 Å². The number of carbonyl (C=O) groups excluding carboxylic acids is 1. The Balaban J connectivity index is 0.00000164. The van der Waals surface area contributed by atoms with Crippen molar-refractivity contribution in [3.05, 3.63) is 48.0 Å². The molecule has 0 radical (unpaired) electrons. The van der Waals surface area contributed by atoms with Crippen LogP contribution in [0.2, 0.25) is 0 Å². The van der Waals surface area contributed by atoms with Crippen LogP contribution < -0.4 is 20.0 Å². The maximum atomic E-state index is 12.1. The van der Waals surface area contributed by atoms with Crippen molar-refractivity contribution >= 4 is 30.0 Å². The third-order valence-corrected chi connectivity index (χ3v) is 7.45. The van der Waals surface area contributed by atoms with Gasteiger partial charge in [-0.3, -0.25) is 9.80 Å². The van der Waals surface area contributed by atoms with E-state index in [4.69, 9.17) is 14.1 Å². The molecule has 2 fully saturated rings. The zero-order chi connectivity index (χ0) is 27.1. The second kappa shape index (κ2) is 13.4. The maximum Gasteiger partial charge on any atom is 0.492 e. The lowest BCUT2D eigenvalue weighted by atomic mass is 9.79. The lowest BCUT2D eigenvalue weighted by molar-refractivity contribution is 0.139. The van der Waals surface area contributed by atoms with Crippen LogP contribution in [-0.2, 0) is 9.39 Å². The number of piperazine rings is 1. The Morgan fingerprint density at radius 1 is 1.00 bits per heavy atom. The summed E-state index contributed by atoms with van der Waals surface area (Å²) < 4.78 is 16.9. The standard InChI is InChI=1S/C27H36BN3O5.C2H6/c1-3-22-19-31(27(32)35-22)21-8-6-20(7-9-21)30-15-13-29(14-16-30)12-5-17-34-23-10-11-24-25(18-23)28(33)36-26(24)4-2;1-2/h6-11,18,22,26,33H,3-5,12-17,19H2,1-2H3;1-2H3. The minimum Gasteiger partial charge on any atom is -0.494 e. The number of benzene rings is 2. The molecule has 38 heavy (non-hydrogen) atoms. The first-order valence-electron chi connectivity index (χ1n) is 14.2. The van der Waals surface area contributed by atoms with E-state index in [0.29, 0.717) is 13.2 Å². The molecular weight excluding hydrogens is 481 g/mol. The molecule has 0 aromatic heterocycles. The minimum absolute atomic E-state index is 0.0138. The summed E-state index contributed by atoms with van der Waals surface area (Å²) in [6.45, 7) is 14.3. The van der Waals surface area contributed by atoms with Gasteiger partial charge in [0.05, 0.1) is 19.3 Å². The fourth-order valence-corrected chi connectivity index (χ4v) is 5.26. The van der Waals surface area contributed by atoms with Crippen LogP contribution in [0.5, 0.6) is 5.75 Å². The molecule has 0 spiro atoms. The number of cyclic esters (lactones) is 1. The quantitative estimate of drug-likeness (QED) is 0.390. The van der Waals surface area contributed by atoms with Crippen LogP contribution in [-0.4, -0.2) is 75.1 Å². The van der Waals surface area contributed by atoms with Gasteiger partial charge in [-0.25, -0.2) is 4.79 Å². The maximum absolute atomic E-state index is 12.1. The van der Waals surface area contributed by atoms with Crippen LogP contribution in [0.4, 0.5) is 16.2 Å². The van der Waals surface area contributed by atoms with Gasteiger partial charge in [-0.05, 0) is 66.7 Å². The highest BCUT2D eigenvalue weighted by Crippen LogP contribution is 2.29. The number of rotatable bonds is 9.